The number of aldehydes is 1. The van der Waals surface area contributed by atoms with E-state index in [9.17, 15) is 24.6 Å². The summed E-state index contributed by atoms with van der Waals surface area (Å²) in [6.45, 7) is -1.59. The molecule has 5 heteroatoms. The number of rotatable bonds is 3. The smallest absolute Gasteiger partial charge is 0.162 e. The van der Waals surface area contributed by atoms with Crippen LogP contribution in [0, 0.1) is 34.5 Å². The zero-order valence-corrected chi connectivity index (χ0v) is 14.6. The highest BCUT2D eigenvalue weighted by Crippen LogP contribution is 2.66. The minimum Gasteiger partial charge on any atom is -0.393 e. The highest BCUT2D eigenvalue weighted by molar-refractivity contribution is 5.91. The van der Waals surface area contributed by atoms with E-state index in [4.69, 9.17) is 9.60 Å². The number of Topliss-reactive ketones (excluding diaryl/α,β-unsaturated/α-hetero) is 1. The van der Waals surface area contributed by atoms with Gasteiger partial charge in [-0.25, -0.2) is 0 Å². The molecule has 4 rings (SSSR count). The summed E-state index contributed by atoms with van der Waals surface area (Å²) in [6, 6.07) is -0.704. The first kappa shape index (κ1) is 11.5. The van der Waals surface area contributed by atoms with Gasteiger partial charge in [0.2, 0.25) is 0 Å². The lowest BCUT2D eigenvalue weighted by molar-refractivity contribution is -0.157. The van der Waals surface area contributed by atoms with E-state index in [2.05, 4.69) is 0 Å². The van der Waals surface area contributed by atoms with Crippen molar-refractivity contribution in [2.24, 2.45) is 34.5 Å². The number of hydrogen-bond acceptors (Lipinski definition) is 5. The molecule has 0 aromatic carbocycles. The molecule has 0 unspecified atom stereocenters. The van der Waals surface area contributed by atoms with Gasteiger partial charge in [0.25, 0.3) is 0 Å². The zero-order valence-electron chi connectivity index (χ0n) is 21.6. The van der Waals surface area contributed by atoms with Gasteiger partial charge < -0.3 is 15.0 Å². The fraction of sp³-hybridized carbons (Fsp3) is 0.762. The van der Waals surface area contributed by atoms with E-state index >= 15 is 0 Å². The molecule has 0 aromatic rings. The summed E-state index contributed by atoms with van der Waals surface area (Å²) in [5, 5.41) is 21.0. The van der Waals surface area contributed by atoms with Gasteiger partial charge in [0, 0.05) is 23.2 Å². The fourth-order valence-corrected chi connectivity index (χ4v) is 6.31. The monoisotopic (exact) mass is 367 g/mol. The van der Waals surface area contributed by atoms with Crippen LogP contribution in [-0.2, 0) is 14.4 Å². The van der Waals surface area contributed by atoms with Crippen molar-refractivity contribution in [1.29, 1.82) is 0 Å². The largest absolute Gasteiger partial charge is 0.393 e. The maximum absolute atomic E-state index is 12.7. The molecule has 5 nitrogen and oxygen atoms in total. The average molecular weight is 367 g/mol. The summed E-state index contributed by atoms with van der Waals surface area (Å²) in [5.74, 6) is -5.40. The minimum absolute atomic E-state index is 0.101. The number of ketones is 2. The number of hydrogen-bond donors (Lipinski definition) is 2. The van der Waals surface area contributed by atoms with Gasteiger partial charge in [-0.1, -0.05) is 12.5 Å². The third-order valence-corrected chi connectivity index (χ3v) is 7.38. The van der Waals surface area contributed by atoms with Crippen molar-refractivity contribution >= 4 is 17.9 Å². The van der Waals surface area contributed by atoms with E-state index in [0.29, 0.717) is 6.29 Å². The van der Waals surface area contributed by atoms with Gasteiger partial charge in [-0.15, -0.1) is 0 Å². The van der Waals surface area contributed by atoms with Crippen LogP contribution >= 0.6 is 0 Å². The number of carbonyl (C=O) groups is 3. The predicted molar refractivity (Wildman–Crippen MR) is 94.1 cm³/mol. The van der Waals surface area contributed by atoms with Crippen LogP contribution in [0.1, 0.15) is 61.4 Å². The molecule has 3 fully saturated rings. The van der Waals surface area contributed by atoms with Gasteiger partial charge in [-0.3, -0.25) is 9.59 Å². The van der Waals surface area contributed by atoms with Crippen molar-refractivity contribution in [3.63, 3.8) is 0 Å². The second-order valence-electron chi connectivity index (χ2n) is 8.38. The molecule has 0 bridgehead atoms. The maximum Gasteiger partial charge on any atom is 0.162 e. The molecule has 142 valence electrons. The van der Waals surface area contributed by atoms with Crippen LogP contribution in [0.15, 0.2) is 11.6 Å². The maximum atomic E-state index is 12.7. The third-order valence-electron chi connectivity index (χ3n) is 7.38. The Morgan fingerprint density at radius 3 is 2.92 bits per heavy atom. The topological polar surface area (TPSA) is 91.7 Å². The van der Waals surface area contributed by atoms with Crippen molar-refractivity contribution < 1.29 is 34.2 Å². The summed E-state index contributed by atoms with van der Waals surface area (Å²) >= 11 is 0. The van der Waals surface area contributed by atoms with Crippen LogP contribution < -0.4 is 0 Å². The molecule has 0 spiro atoms. The SMILES string of the molecule is [2H]C1=C2C([2H])([2H])C[C@H]3[C@@H]([C@H](O)C[C@]4(C=O)[C@@H]3CC[C@H]4C(=O)C([2H])([2H])O)[C@]2(C)CC([2H])([2H])C1=O. The fourth-order valence-electron chi connectivity index (χ4n) is 6.31. The van der Waals surface area contributed by atoms with E-state index in [1.165, 1.54) is 0 Å². The molecule has 0 radical (unpaired) electrons. The van der Waals surface area contributed by atoms with E-state index in [0.717, 1.165) is 0 Å². The highest BCUT2D eigenvalue weighted by atomic mass is 16.3. The van der Waals surface area contributed by atoms with Crippen LogP contribution in [0.3, 0.4) is 0 Å². The van der Waals surface area contributed by atoms with Gasteiger partial charge in [-0.05, 0) is 67.7 Å². The Morgan fingerprint density at radius 2 is 2.23 bits per heavy atom. The molecule has 0 saturated heterocycles. The Morgan fingerprint density at radius 1 is 1.46 bits per heavy atom. The van der Waals surface area contributed by atoms with E-state index < -0.39 is 83.9 Å². The molecule has 0 aromatic heterocycles. The lowest BCUT2D eigenvalue weighted by atomic mass is 9.45. The lowest BCUT2D eigenvalue weighted by Gasteiger charge is -2.59. The second kappa shape index (κ2) is 6.10. The van der Waals surface area contributed by atoms with E-state index in [1.54, 1.807) is 6.92 Å². The highest BCUT2D eigenvalue weighted by Gasteiger charge is 2.64. The Balaban J connectivity index is 1.86. The summed E-state index contributed by atoms with van der Waals surface area (Å²) in [5.41, 5.74) is -2.95. The molecule has 2 N–H and O–H groups in total. The van der Waals surface area contributed by atoms with Crippen LogP contribution in [0.4, 0.5) is 0 Å². The first-order valence-electron chi connectivity index (χ1n) is 12.6. The molecule has 3 saturated carbocycles. The Hall–Kier alpha value is -1.33. The summed E-state index contributed by atoms with van der Waals surface area (Å²) < 4.78 is 56.9. The first-order chi connectivity index (χ1) is 14.9. The molecule has 0 aliphatic heterocycles. The molecule has 0 heterocycles. The second-order valence-corrected chi connectivity index (χ2v) is 8.38. The number of aliphatic hydroxyl groups excluding tert-OH is 1. The molecule has 26 heavy (non-hydrogen) atoms. The Labute approximate surface area is 163 Å². The normalized spacial score (nSPS) is 56.2. The van der Waals surface area contributed by atoms with Gasteiger partial charge in [0.15, 0.2) is 11.6 Å². The summed E-state index contributed by atoms with van der Waals surface area (Å²) in [7, 11) is 0. The molecule has 7 atom stereocenters. The van der Waals surface area contributed by atoms with Gasteiger partial charge in [0.05, 0.1) is 10.2 Å². The van der Waals surface area contributed by atoms with Crippen LogP contribution in [-0.4, -0.2) is 40.7 Å². The zero-order chi connectivity index (χ0) is 24.9. The average Bonchev–Trinajstić information content (AvgIpc) is 3.02. The standard InChI is InChI=1S/C21H28O5/c1-20-7-6-13(24)8-12(20)2-3-14-15-4-5-16(18(26)10-22)21(15,11-23)9-17(25)19(14)20/h8,11,14-17,19,22,25H,2-7,9-10H2,1H3/t14-,15-,16+,17-,19+,20-,21+/m1/s1/i2D2,6D2,8D,10D2. The molecule has 4 aliphatic carbocycles. The number of fused-ring (bicyclic) bond motifs is 5. The predicted octanol–water partition coefficient (Wildman–Crippen LogP) is 1.85. The van der Waals surface area contributed by atoms with Crippen molar-refractivity contribution in [2.45, 2.75) is 57.9 Å². The number of aliphatic hydroxyl groups is 2. The first-order valence-corrected chi connectivity index (χ1v) is 9.12. The van der Waals surface area contributed by atoms with Crippen molar-refractivity contribution in [3.8, 4) is 0 Å². The Kier molecular flexibility index (Phi) is 2.70. The van der Waals surface area contributed by atoms with Gasteiger partial charge in [-0.2, -0.15) is 0 Å². The van der Waals surface area contributed by atoms with Gasteiger partial charge >= 0.3 is 0 Å². The number of allylic oxidation sites excluding steroid dienone is 1. The van der Waals surface area contributed by atoms with Crippen LogP contribution in [0.25, 0.3) is 0 Å². The van der Waals surface area contributed by atoms with Gasteiger partial charge in [0.1, 0.15) is 12.8 Å². The summed E-state index contributed by atoms with van der Waals surface area (Å²) in [6.07, 6.45) is -5.77. The quantitative estimate of drug-likeness (QED) is 0.743. The Bertz CT molecular complexity index is 957. The molecular weight excluding hydrogens is 332 g/mol. The van der Waals surface area contributed by atoms with Crippen LogP contribution in [0.5, 0.6) is 0 Å². The van der Waals surface area contributed by atoms with Crippen LogP contribution in [0.2, 0.25) is 0 Å². The minimum atomic E-state index is -3.15. The molecule has 0 amide bonds. The number of carbonyl (C=O) groups excluding carboxylic acids is 3. The van der Waals surface area contributed by atoms with Crippen molar-refractivity contribution in [3.05, 3.63) is 11.6 Å². The summed E-state index contributed by atoms with van der Waals surface area (Å²) in [4.78, 5) is 37.6. The van der Waals surface area contributed by atoms with Crippen molar-refractivity contribution in [1.82, 2.24) is 0 Å². The molecule has 4 aliphatic rings. The third kappa shape index (κ3) is 2.26. The van der Waals surface area contributed by atoms with E-state index in [1.807, 2.05) is 0 Å². The molecular formula is C21H28O5. The lowest BCUT2D eigenvalue weighted by Crippen LogP contribution is -2.58. The van der Waals surface area contributed by atoms with Crippen molar-refractivity contribution in [2.75, 3.05) is 6.56 Å². The van der Waals surface area contributed by atoms with E-state index in [-0.39, 0.29) is 31.3 Å².